The van der Waals surface area contributed by atoms with Crippen LogP contribution in [0.2, 0.25) is 0 Å². The molecule has 0 aliphatic rings. The van der Waals surface area contributed by atoms with E-state index < -0.39 is 0 Å². The standard InChI is InChI=1S/C20H24O5/c1-21-16-10-9-14(11-17(16)22-2)7-6-8-15-12-18(23-3)20(25-5)19(13-15)24-4/h6-7,9-13H,8H2,1-5H3/b7-6+. The maximum atomic E-state index is 5.38. The van der Waals surface area contributed by atoms with E-state index in [2.05, 4.69) is 6.08 Å². The molecule has 2 aromatic rings. The summed E-state index contributed by atoms with van der Waals surface area (Å²) in [6, 6.07) is 9.69. The lowest BCUT2D eigenvalue weighted by Crippen LogP contribution is -1.96. The first-order chi connectivity index (χ1) is 12.2. The predicted molar refractivity (Wildman–Crippen MR) is 98.4 cm³/mol. The minimum Gasteiger partial charge on any atom is -0.493 e. The van der Waals surface area contributed by atoms with Crippen LogP contribution in [0.5, 0.6) is 28.7 Å². The van der Waals surface area contributed by atoms with Gasteiger partial charge in [0.1, 0.15) is 0 Å². The molecular weight excluding hydrogens is 320 g/mol. The topological polar surface area (TPSA) is 46.2 Å². The van der Waals surface area contributed by atoms with Gasteiger partial charge in [-0.1, -0.05) is 18.2 Å². The molecule has 0 heterocycles. The SMILES string of the molecule is COc1ccc(/C=C/Cc2cc(OC)c(OC)c(OC)c2)cc1OC. The lowest BCUT2D eigenvalue weighted by Gasteiger charge is -2.13. The monoisotopic (exact) mass is 344 g/mol. The third kappa shape index (κ3) is 4.38. The lowest BCUT2D eigenvalue weighted by molar-refractivity contribution is 0.324. The van der Waals surface area contributed by atoms with E-state index in [0.717, 1.165) is 17.5 Å². The number of benzene rings is 2. The normalized spacial score (nSPS) is 10.6. The van der Waals surface area contributed by atoms with Crippen molar-refractivity contribution in [2.45, 2.75) is 6.42 Å². The number of methoxy groups -OCH3 is 5. The van der Waals surface area contributed by atoms with Crippen molar-refractivity contribution in [2.24, 2.45) is 0 Å². The minimum atomic E-state index is 0.595. The van der Waals surface area contributed by atoms with E-state index in [1.54, 1.807) is 35.5 Å². The Labute approximate surface area is 148 Å². The molecule has 2 aromatic carbocycles. The molecule has 0 aliphatic heterocycles. The van der Waals surface area contributed by atoms with Gasteiger partial charge in [0.15, 0.2) is 23.0 Å². The van der Waals surface area contributed by atoms with Crippen LogP contribution in [-0.4, -0.2) is 35.5 Å². The summed E-state index contributed by atoms with van der Waals surface area (Å²) in [6.45, 7) is 0. The van der Waals surface area contributed by atoms with Crippen molar-refractivity contribution in [2.75, 3.05) is 35.5 Å². The van der Waals surface area contributed by atoms with Crippen LogP contribution in [0.3, 0.4) is 0 Å². The Balaban J connectivity index is 2.19. The first kappa shape index (κ1) is 18.5. The second kappa shape index (κ2) is 8.87. The van der Waals surface area contributed by atoms with Gasteiger partial charge in [-0.25, -0.2) is 0 Å². The number of rotatable bonds is 8. The molecule has 0 atom stereocenters. The molecule has 0 bridgehead atoms. The number of ether oxygens (including phenoxy) is 5. The zero-order valence-electron chi connectivity index (χ0n) is 15.3. The molecule has 0 saturated heterocycles. The summed E-state index contributed by atoms with van der Waals surface area (Å²) in [7, 11) is 8.07. The number of hydrogen-bond donors (Lipinski definition) is 0. The van der Waals surface area contributed by atoms with Crippen LogP contribution in [-0.2, 0) is 6.42 Å². The van der Waals surface area contributed by atoms with Crippen molar-refractivity contribution >= 4 is 6.08 Å². The molecule has 0 N–H and O–H groups in total. The van der Waals surface area contributed by atoms with E-state index in [1.807, 2.05) is 36.4 Å². The van der Waals surface area contributed by atoms with Crippen molar-refractivity contribution in [1.82, 2.24) is 0 Å². The van der Waals surface area contributed by atoms with Crippen LogP contribution < -0.4 is 23.7 Å². The van der Waals surface area contributed by atoms with Gasteiger partial charge in [-0.2, -0.15) is 0 Å². The Morgan fingerprint density at radius 2 is 1.28 bits per heavy atom. The highest BCUT2D eigenvalue weighted by atomic mass is 16.5. The second-order valence-electron chi connectivity index (χ2n) is 5.25. The molecule has 0 amide bonds. The molecule has 0 saturated carbocycles. The summed E-state index contributed by atoms with van der Waals surface area (Å²) in [4.78, 5) is 0. The maximum Gasteiger partial charge on any atom is 0.203 e. The third-order valence-corrected chi connectivity index (χ3v) is 3.80. The van der Waals surface area contributed by atoms with Crippen LogP contribution in [0.25, 0.3) is 6.08 Å². The summed E-state index contributed by atoms with van der Waals surface area (Å²) < 4.78 is 26.7. The Morgan fingerprint density at radius 3 is 1.80 bits per heavy atom. The second-order valence-corrected chi connectivity index (χ2v) is 5.25. The van der Waals surface area contributed by atoms with Crippen LogP contribution in [0.4, 0.5) is 0 Å². The molecule has 0 aromatic heterocycles. The number of hydrogen-bond acceptors (Lipinski definition) is 5. The highest BCUT2D eigenvalue weighted by Crippen LogP contribution is 2.38. The molecule has 0 radical (unpaired) electrons. The third-order valence-electron chi connectivity index (χ3n) is 3.80. The molecule has 134 valence electrons. The summed E-state index contributed by atoms with van der Waals surface area (Å²) in [5.74, 6) is 3.31. The molecule has 25 heavy (non-hydrogen) atoms. The molecule has 5 nitrogen and oxygen atoms in total. The first-order valence-electron chi connectivity index (χ1n) is 7.84. The Hall–Kier alpha value is -2.82. The molecular formula is C20H24O5. The van der Waals surface area contributed by atoms with Crippen molar-refractivity contribution in [1.29, 1.82) is 0 Å². The van der Waals surface area contributed by atoms with Gasteiger partial charge in [0, 0.05) is 0 Å². The summed E-state index contributed by atoms with van der Waals surface area (Å²) in [5, 5.41) is 0. The molecule has 5 heteroatoms. The van der Waals surface area contributed by atoms with E-state index in [0.29, 0.717) is 28.7 Å². The van der Waals surface area contributed by atoms with Crippen molar-refractivity contribution < 1.29 is 23.7 Å². The van der Waals surface area contributed by atoms with E-state index in [9.17, 15) is 0 Å². The van der Waals surface area contributed by atoms with Gasteiger partial charge in [0.2, 0.25) is 5.75 Å². The van der Waals surface area contributed by atoms with Crippen LogP contribution in [0.1, 0.15) is 11.1 Å². The van der Waals surface area contributed by atoms with Gasteiger partial charge in [-0.3, -0.25) is 0 Å². The summed E-state index contributed by atoms with van der Waals surface area (Å²) in [6.07, 6.45) is 4.83. The van der Waals surface area contributed by atoms with Gasteiger partial charge < -0.3 is 23.7 Å². The van der Waals surface area contributed by atoms with Gasteiger partial charge in [-0.05, 0) is 41.8 Å². The quantitative estimate of drug-likeness (QED) is 0.725. The van der Waals surface area contributed by atoms with E-state index in [4.69, 9.17) is 23.7 Å². The molecule has 2 rings (SSSR count). The zero-order valence-corrected chi connectivity index (χ0v) is 15.3. The molecule has 0 unspecified atom stereocenters. The lowest BCUT2D eigenvalue weighted by atomic mass is 10.1. The van der Waals surface area contributed by atoms with Crippen molar-refractivity contribution in [3.8, 4) is 28.7 Å². The average molecular weight is 344 g/mol. The largest absolute Gasteiger partial charge is 0.493 e. The zero-order chi connectivity index (χ0) is 18.2. The molecule has 0 spiro atoms. The van der Waals surface area contributed by atoms with E-state index >= 15 is 0 Å². The van der Waals surface area contributed by atoms with E-state index in [1.165, 1.54) is 0 Å². The van der Waals surface area contributed by atoms with Crippen LogP contribution in [0.15, 0.2) is 36.4 Å². The Bertz CT molecular complexity index is 712. The highest BCUT2D eigenvalue weighted by Gasteiger charge is 2.12. The fourth-order valence-electron chi connectivity index (χ4n) is 2.54. The Kier molecular flexibility index (Phi) is 6.57. The fraction of sp³-hybridized carbons (Fsp3) is 0.300. The fourth-order valence-corrected chi connectivity index (χ4v) is 2.54. The van der Waals surface area contributed by atoms with Gasteiger partial charge >= 0.3 is 0 Å². The van der Waals surface area contributed by atoms with Gasteiger partial charge in [0.05, 0.1) is 35.5 Å². The summed E-state index contributed by atoms with van der Waals surface area (Å²) in [5.41, 5.74) is 2.09. The van der Waals surface area contributed by atoms with Crippen molar-refractivity contribution in [3.05, 3.63) is 47.5 Å². The van der Waals surface area contributed by atoms with Gasteiger partial charge in [0.25, 0.3) is 0 Å². The maximum absolute atomic E-state index is 5.38. The van der Waals surface area contributed by atoms with Gasteiger partial charge in [-0.15, -0.1) is 0 Å². The number of allylic oxidation sites excluding steroid dienone is 1. The average Bonchev–Trinajstić information content (AvgIpc) is 2.66. The smallest absolute Gasteiger partial charge is 0.203 e. The predicted octanol–water partition coefficient (Wildman–Crippen LogP) is 3.99. The van der Waals surface area contributed by atoms with E-state index in [-0.39, 0.29) is 0 Å². The summed E-state index contributed by atoms with van der Waals surface area (Å²) >= 11 is 0. The first-order valence-corrected chi connectivity index (χ1v) is 7.84. The molecule has 0 aliphatic carbocycles. The van der Waals surface area contributed by atoms with Crippen molar-refractivity contribution in [3.63, 3.8) is 0 Å². The Morgan fingerprint density at radius 1 is 0.680 bits per heavy atom. The van der Waals surface area contributed by atoms with Crippen LogP contribution >= 0.6 is 0 Å². The van der Waals surface area contributed by atoms with Crippen LogP contribution in [0, 0.1) is 0 Å². The molecule has 0 fully saturated rings. The minimum absolute atomic E-state index is 0.595. The highest BCUT2D eigenvalue weighted by molar-refractivity contribution is 5.57.